The number of methoxy groups -OCH3 is 1. The Balaban J connectivity index is 1.45. The summed E-state index contributed by atoms with van der Waals surface area (Å²) < 4.78 is 18.0. The Bertz CT molecular complexity index is 1580. The molecule has 9 nitrogen and oxygen atoms in total. The van der Waals surface area contributed by atoms with E-state index < -0.39 is 5.91 Å². The van der Waals surface area contributed by atoms with Crippen molar-refractivity contribution in [3.63, 3.8) is 0 Å². The van der Waals surface area contributed by atoms with E-state index in [9.17, 15) is 14.4 Å². The number of primary amides is 1. The van der Waals surface area contributed by atoms with Crippen LogP contribution in [-0.4, -0.2) is 47.5 Å². The number of amides is 2. The van der Waals surface area contributed by atoms with Crippen LogP contribution in [0.5, 0.6) is 17.2 Å². The van der Waals surface area contributed by atoms with Gasteiger partial charge in [-0.25, -0.2) is 0 Å². The molecule has 9 heteroatoms. The number of benzene rings is 3. The third kappa shape index (κ3) is 6.09. The van der Waals surface area contributed by atoms with Crippen LogP contribution in [0, 0.1) is 6.92 Å². The summed E-state index contributed by atoms with van der Waals surface area (Å²) in [7, 11) is 1.55. The molecule has 2 N–H and O–H groups in total. The predicted octanol–water partition coefficient (Wildman–Crippen LogP) is 4.40. The highest BCUT2D eigenvalue weighted by Gasteiger charge is 2.26. The number of aromatic nitrogens is 1. The fraction of sp³-hybridized carbons (Fsp3) is 0.219. The van der Waals surface area contributed by atoms with E-state index in [-0.39, 0.29) is 37.1 Å². The fourth-order valence-electron chi connectivity index (χ4n) is 4.93. The van der Waals surface area contributed by atoms with Crippen LogP contribution in [0.3, 0.4) is 0 Å². The van der Waals surface area contributed by atoms with Gasteiger partial charge in [-0.2, -0.15) is 0 Å². The third-order valence-corrected chi connectivity index (χ3v) is 7.15. The van der Waals surface area contributed by atoms with Crippen LogP contribution >= 0.6 is 0 Å². The van der Waals surface area contributed by atoms with Crippen molar-refractivity contribution < 1.29 is 28.6 Å². The topological polar surface area (TPSA) is 113 Å². The summed E-state index contributed by atoms with van der Waals surface area (Å²) in [6, 6.07) is 23.6. The first-order valence-corrected chi connectivity index (χ1v) is 13.2. The summed E-state index contributed by atoms with van der Waals surface area (Å²) in [5.74, 6) is 0.585. The van der Waals surface area contributed by atoms with E-state index in [2.05, 4.69) is 0 Å². The summed E-state index contributed by atoms with van der Waals surface area (Å²) in [5.41, 5.74) is 9.14. The smallest absolute Gasteiger partial charge is 0.254 e. The van der Waals surface area contributed by atoms with Crippen molar-refractivity contribution in [3.8, 4) is 17.2 Å². The number of carbonyl (C=O) groups is 3. The Morgan fingerprint density at radius 2 is 1.66 bits per heavy atom. The number of Topliss-reactive ketones (excluding diaryl/α,β-unsaturated/α-hetero) is 1. The van der Waals surface area contributed by atoms with Gasteiger partial charge in [0.15, 0.2) is 17.3 Å². The molecule has 0 spiro atoms. The number of carbonyl (C=O) groups excluding carboxylic acids is 3. The zero-order valence-corrected chi connectivity index (χ0v) is 23.0. The van der Waals surface area contributed by atoms with Crippen LogP contribution in [0.2, 0.25) is 0 Å². The van der Waals surface area contributed by atoms with Crippen LogP contribution < -0.4 is 19.9 Å². The number of fused-ring (bicyclic) bond motifs is 1. The highest BCUT2D eigenvalue weighted by Crippen LogP contribution is 2.33. The highest BCUT2D eigenvalue weighted by atomic mass is 16.7. The van der Waals surface area contributed by atoms with E-state index in [0.29, 0.717) is 47.2 Å². The van der Waals surface area contributed by atoms with E-state index in [4.69, 9.17) is 19.9 Å². The Morgan fingerprint density at radius 1 is 0.927 bits per heavy atom. The van der Waals surface area contributed by atoms with Gasteiger partial charge in [0.25, 0.3) is 11.8 Å². The lowest BCUT2D eigenvalue weighted by Crippen LogP contribution is -2.36. The van der Waals surface area contributed by atoms with E-state index in [1.165, 1.54) is 11.0 Å². The fourth-order valence-corrected chi connectivity index (χ4v) is 4.93. The van der Waals surface area contributed by atoms with Crippen molar-refractivity contribution in [1.29, 1.82) is 0 Å². The molecule has 41 heavy (non-hydrogen) atoms. The monoisotopic (exact) mass is 553 g/mol. The molecule has 1 aliphatic rings. The molecule has 5 rings (SSSR count). The average molecular weight is 554 g/mol. The maximum absolute atomic E-state index is 13.9. The molecule has 210 valence electrons. The maximum Gasteiger partial charge on any atom is 0.254 e. The SMILES string of the molecule is COc1ccc(C(=O)N(CC(=O)c2cc(C(N)=O)c(C)n2CCc2ccccc2)Cc2ccc3c(c2)OCO3)cc1. The standard InChI is InChI=1S/C32H31N3O6/c1-21-26(31(33)37)17-27(35(21)15-14-22-6-4-3-5-7-22)28(36)19-34(32(38)24-9-11-25(39-2)12-10-24)18-23-8-13-29-30(16-23)41-20-40-29/h3-13,16-17H,14-15,18-20H2,1-2H3,(H2,33,37). The number of nitrogens with zero attached hydrogens (tertiary/aromatic N) is 2. The van der Waals surface area contributed by atoms with Gasteiger partial charge in [0, 0.05) is 24.3 Å². The van der Waals surface area contributed by atoms with Crippen LogP contribution in [0.15, 0.2) is 78.9 Å². The Kier molecular flexibility index (Phi) is 8.05. The van der Waals surface area contributed by atoms with Crippen molar-refractivity contribution in [1.82, 2.24) is 9.47 Å². The van der Waals surface area contributed by atoms with Crippen molar-refractivity contribution >= 4 is 17.6 Å². The summed E-state index contributed by atoms with van der Waals surface area (Å²) >= 11 is 0. The number of ether oxygens (including phenoxy) is 3. The van der Waals surface area contributed by atoms with Gasteiger partial charge < -0.3 is 29.4 Å². The molecular weight excluding hydrogens is 522 g/mol. The van der Waals surface area contributed by atoms with Crippen molar-refractivity contribution in [2.45, 2.75) is 26.4 Å². The highest BCUT2D eigenvalue weighted by molar-refractivity contribution is 6.04. The van der Waals surface area contributed by atoms with Gasteiger partial charge in [-0.1, -0.05) is 36.4 Å². The summed E-state index contributed by atoms with van der Waals surface area (Å²) in [4.78, 5) is 41.2. The average Bonchev–Trinajstić information content (AvgIpc) is 3.59. The molecule has 0 aliphatic carbocycles. The lowest BCUT2D eigenvalue weighted by Gasteiger charge is -2.23. The minimum absolute atomic E-state index is 0.132. The first kappa shape index (κ1) is 27.5. The molecule has 0 saturated carbocycles. The minimum Gasteiger partial charge on any atom is -0.497 e. The van der Waals surface area contributed by atoms with E-state index >= 15 is 0 Å². The molecule has 0 fully saturated rings. The van der Waals surface area contributed by atoms with E-state index in [1.807, 2.05) is 41.0 Å². The van der Waals surface area contributed by atoms with Gasteiger partial charge in [0.1, 0.15) is 5.75 Å². The van der Waals surface area contributed by atoms with Gasteiger partial charge in [-0.3, -0.25) is 14.4 Å². The van der Waals surface area contributed by atoms with Crippen LogP contribution in [0.4, 0.5) is 0 Å². The predicted molar refractivity (Wildman–Crippen MR) is 152 cm³/mol. The lowest BCUT2D eigenvalue weighted by molar-refractivity contribution is 0.0695. The second-order valence-corrected chi connectivity index (χ2v) is 9.78. The molecule has 0 saturated heterocycles. The molecule has 2 heterocycles. The number of aryl methyl sites for hydroxylation is 1. The molecule has 4 aromatic rings. The van der Waals surface area contributed by atoms with Crippen molar-refractivity contribution in [2.75, 3.05) is 20.4 Å². The molecule has 0 bridgehead atoms. The van der Waals surface area contributed by atoms with Crippen LogP contribution in [0.25, 0.3) is 0 Å². The molecule has 1 aliphatic heterocycles. The van der Waals surface area contributed by atoms with Crippen molar-refractivity contribution in [2.24, 2.45) is 5.73 Å². The zero-order chi connectivity index (χ0) is 28.9. The van der Waals surface area contributed by atoms with Crippen LogP contribution in [0.1, 0.15) is 48.0 Å². The van der Waals surface area contributed by atoms with Gasteiger partial charge in [0.05, 0.1) is 24.9 Å². The van der Waals surface area contributed by atoms with E-state index in [1.54, 1.807) is 50.4 Å². The largest absolute Gasteiger partial charge is 0.497 e. The van der Waals surface area contributed by atoms with Gasteiger partial charge in [0.2, 0.25) is 6.79 Å². The molecule has 2 amide bonds. The minimum atomic E-state index is -0.610. The first-order valence-electron chi connectivity index (χ1n) is 13.2. The van der Waals surface area contributed by atoms with Gasteiger partial charge in [-0.15, -0.1) is 0 Å². The number of nitrogens with two attached hydrogens (primary N) is 1. The Labute approximate surface area is 238 Å². The molecule has 0 radical (unpaired) electrons. The molecule has 0 unspecified atom stereocenters. The maximum atomic E-state index is 13.9. The van der Waals surface area contributed by atoms with Gasteiger partial charge in [-0.05, 0) is 66.9 Å². The number of hydrogen-bond acceptors (Lipinski definition) is 6. The molecule has 1 aromatic heterocycles. The Morgan fingerprint density at radius 3 is 2.37 bits per heavy atom. The van der Waals surface area contributed by atoms with Crippen LogP contribution in [-0.2, 0) is 19.5 Å². The summed E-state index contributed by atoms with van der Waals surface area (Å²) in [5, 5.41) is 0. The number of ketones is 1. The number of rotatable bonds is 11. The van der Waals surface area contributed by atoms with E-state index in [0.717, 1.165) is 11.1 Å². The normalized spacial score (nSPS) is 11.8. The first-order chi connectivity index (χ1) is 19.8. The van der Waals surface area contributed by atoms with Gasteiger partial charge >= 0.3 is 0 Å². The third-order valence-electron chi connectivity index (χ3n) is 7.15. The molecule has 3 aromatic carbocycles. The molecule has 0 atom stereocenters. The quantitative estimate of drug-likeness (QED) is 0.276. The Hall–Kier alpha value is -5.05. The second-order valence-electron chi connectivity index (χ2n) is 9.78. The van der Waals surface area contributed by atoms with Crippen molar-refractivity contribution in [3.05, 3.63) is 113 Å². The summed E-state index contributed by atoms with van der Waals surface area (Å²) in [6.07, 6.45) is 0.653. The zero-order valence-electron chi connectivity index (χ0n) is 23.0. The number of hydrogen-bond donors (Lipinski definition) is 1. The second kappa shape index (κ2) is 12.0. The molecular formula is C32H31N3O6. The summed E-state index contributed by atoms with van der Waals surface area (Å²) in [6.45, 7) is 2.31. The lowest BCUT2D eigenvalue weighted by atomic mass is 10.1.